The van der Waals surface area contributed by atoms with E-state index in [9.17, 15) is 9.18 Å². The number of hydrogen-bond donors (Lipinski definition) is 1. The number of benzene rings is 2. The molecule has 1 amide bonds. The highest BCUT2D eigenvalue weighted by molar-refractivity contribution is 9.10. The van der Waals surface area contributed by atoms with E-state index in [4.69, 9.17) is 0 Å². The molecule has 0 saturated heterocycles. The first-order valence-corrected chi connectivity index (χ1v) is 7.96. The number of carbonyl (C=O) groups excluding carboxylic acids is 1. The Morgan fingerprint density at radius 3 is 2.75 bits per heavy atom. The molecule has 0 atom stereocenters. The van der Waals surface area contributed by atoms with E-state index in [1.54, 1.807) is 6.07 Å². The quantitative estimate of drug-likeness (QED) is 0.859. The molecule has 2 aromatic rings. The van der Waals surface area contributed by atoms with Crippen molar-refractivity contribution < 1.29 is 9.18 Å². The van der Waals surface area contributed by atoms with Crippen molar-refractivity contribution in [1.82, 2.24) is 0 Å². The largest absolute Gasteiger partial charge is 0.325 e. The molecule has 0 saturated carbocycles. The fraction of sp³-hybridized carbons (Fsp3) is 0.133. The van der Waals surface area contributed by atoms with Gasteiger partial charge in [0, 0.05) is 15.9 Å². The lowest BCUT2D eigenvalue weighted by Crippen LogP contribution is -2.14. The number of hydrogen-bond acceptors (Lipinski definition) is 2. The molecule has 0 aliphatic heterocycles. The average Bonchev–Trinajstić information content (AvgIpc) is 2.38. The third-order valence-electron chi connectivity index (χ3n) is 2.50. The fourth-order valence-electron chi connectivity index (χ4n) is 1.65. The number of anilines is 1. The van der Waals surface area contributed by atoms with E-state index in [0.29, 0.717) is 11.5 Å². The van der Waals surface area contributed by atoms with Crippen molar-refractivity contribution in [3.63, 3.8) is 0 Å². The highest BCUT2D eigenvalue weighted by atomic mass is 79.9. The van der Waals surface area contributed by atoms with E-state index in [1.807, 2.05) is 30.3 Å². The first-order chi connectivity index (χ1) is 9.63. The van der Waals surface area contributed by atoms with Gasteiger partial charge in [-0.3, -0.25) is 4.79 Å². The maximum atomic E-state index is 13.0. The van der Waals surface area contributed by atoms with E-state index in [-0.39, 0.29) is 11.7 Å². The molecule has 0 aliphatic rings. The predicted octanol–water partition coefficient (Wildman–Crippen LogP) is 4.46. The number of rotatable bonds is 5. The van der Waals surface area contributed by atoms with Crippen molar-refractivity contribution in [2.24, 2.45) is 0 Å². The van der Waals surface area contributed by atoms with Gasteiger partial charge >= 0.3 is 0 Å². The van der Waals surface area contributed by atoms with Crippen molar-refractivity contribution in [2.75, 3.05) is 11.1 Å². The molecule has 2 aromatic carbocycles. The van der Waals surface area contributed by atoms with Gasteiger partial charge in [0.1, 0.15) is 5.82 Å². The van der Waals surface area contributed by atoms with Gasteiger partial charge in [0.25, 0.3) is 0 Å². The van der Waals surface area contributed by atoms with Gasteiger partial charge in [-0.2, -0.15) is 0 Å². The van der Waals surface area contributed by atoms with E-state index < -0.39 is 0 Å². The third kappa shape index (κ3) is 4.98. The minimum absolute atomic E-state index is 0.0653. The molecule has 0 radical (unpaired) electrons. The highest BCUT2D eigenvalue weighted by Gasteiger charge is 2.03. The molecular weight excluding hydrogens is 341 g/mol. The van der Waals surface area contributed by atoms with Gasteiger partial charge in [-0.25, -0.2) is 4.39 Å². The summed E-state index contributed by atoms with van der Waals surface area (Å²) in [6, 6.07) is 13.9. The van der Waals surface area contributed by atoms with Crippen molar-refractivity contribution in [3.8, 4) is 0 Å². The van der Waals surface area contributed by atoms with Crippen LogP contribution in [-0.2, 0) is 10.5 Å². The summed E-state index contributed by atoms with van der Waals surface area (Å²) in [4.78, 5) is 11.8. The summed E-state index contributed by atoms with van der Waals surface area (Å²) < 4.78 is 13.9. The van der Waals surface area contributed by atoms with E-state index in [2.05, 4.69) is 21.2 Å². The number of amides is 1. The molecule has 0 aromatic heterocycles. The van der Waals surface area contributed by atoms with Gasteiger partial charge in [0.05, 0.1) is 5.75 Å². The van der Waals surface area contributed by atoms with Crippen LogP contribution in [0, 0.1) is 5.82 Å². The zero-order valence-electron chi connectivity index (χ0n) is 10.6. The van der Waals surface area contributed by atoms with E-state index in [1.165, 1.54) is 23.9 Å². The van der Waals surface area contributed by atoms with Crippen LogP contribution in [-0.4, -0.2) is 11.7 Å². The van der Waals surface area contributed by atoms with Crippen molar-refractivity contribution >= 4 is 39.3 Å². The van der Waals surface area contributed by atoms with Crippen LogP contribution in [0.1, 0.15) is 5.56 Å². The minimum atomic E-state index is -0.248. The molecule has 1 N–H and O–H groups in total. The Bertz CT molecular complexity index is 606. The normalized spacial score (nSPS) is 10.3. The Balaban J connectivity index is 1.78. The van der Waals surface area contributed by atoms with Crippen LogP contribution in [0.15, 0.2) is 53.0 Å². The molecule has 0 unspecified atom stereocenters. The van der Waals surface area contributed by atoms with Gasteiger partial charge < -0.3 is 5.32 Å². The zero-order valence-corrected chi connectivity index (χ0v) is 13.0. The van der Waals surface area contributed by atoms with Crippen LogP contribution in [0.25, 0.3) is 0 Å². The predicted molar refractivity (Wildman–Crippen MR) is 85.3 cm³/mol. The van der Waals surface area contributed by atoms with Crippen LogP contribution in [0.5, 0.6) is 0 Å². The van der Waals surface area contributed by atoms with Crippen LogP contribution < -0.4 is 5.32 Å². The maximum absolute atomic E-state index is 13.0. The van der Waals surface area contributed by atoms with Crippen LogP contribution in [0.2, 0.25) is 0 Å². The second-order valence-electron chi connectivity index (χ2n) is 4.18. The molecule has 104 valence electrons. The Morgan fingerprint density at radius 1 is 1.20 bits per heavy atom. The van der Waals surface area contributed by atoms with Crippen LogP contribution >= 0.6 is 27.7 Å². The first-order valence-electron chi connectivity index (χ1n) is 6.01. The van der Waals surface area contributed by atoms with Gasteiger partial charge in [0.15, 0.2) is 0 Å². The zero-order chi connectivity index (χ0) is 14.4. The molecule has 0 spiro atoms. The van der Waals surface area contributed by atoms with Gasteiger partial charge in [0.2, 0.25) is 5.91 Å². The molecule has 0 heterocycles. The second-order valence-corrected chi connectivity index (χ2v) is 6.08. The third-order valence-corrected chi connectivity index (χ3v) is 4.00. The Labute approximate surface area is 129 Å². The van der Waals surface area contributed by atoms with Gasteiger partial charge in [-0.1, -0.05) is 34.1 Å². The molecule has 20 heavy (non-hydrogen) atoms. The lowest BCUT2D eigenvalue weighted by Gasteiger charge is -2.05. The average molecular weight is 354 g/mol. The van der Waals surface area contributed by atoms with Crippen molar-refractivity contribution in [3.05, 3.63) is 64.4 Å². The molecule has 5 heteroatoms. The van der Waals surface area contributed by atoms with Crippen molar-refractivity contribution in [2.45, 2.75) is 5.75 Å². The standard InChI is InChI=1S/C15H13BrFNOS/c16-12-4-2-6-14(8-12)18-15(19)10-20-9-11-3-1-5-13(17)7-11/h1-8H,9-10H2,(H,18,19). The summed E-state index contributed by atoms with van der Waals surface area (Å²) in [6.07, 6.45) is 0. The van der Waals surface area contributed by atoms with Crippen LogP contribution in [0.3, 0.4) is 0 Å². The number of thioether (sulfide) groups is 1. The highest BCUT2D eigenvalue weighted by Crippen LogP contribution is 2.17. The van der Waals surface area contributed by atoms with Crippen molar-refractivity contribution in [1.29, 1.82) is 0 Å². The first kappa shape index (κ1) is 15.1. The fourth-order valence-corrected chi connectivity index (χ4v) is 2.83. The summed E-state index contributed by atoms with van der Waals surface area (Å²) in [7, 11) is 0. The molecule has 2 nitrogen and oxygen atoms in total. The van der Waals surface area contributed by atoms with Gasteiger partial charge in [-0.05, 0) is 35.9 Å². The Hall–Kier alpha value is -1.33. The van der Waals surface area contributed by atoms with E-state index >= 15 is 0 Å². The lowest BCUT2D eigenvalue weighted by atomic mass is 10.2. The Kier molecular flexibility index (Phi) is 5.61. The molecular formula is C15H13BrFNOS. The monoisotopic (exact) mass is 353 g/mol. The molecule has 0 aliphatic carbocycles. The lowest BCUT2D eigenvalue weighted by molar-refractivity contribution is -0.113. The summed E-state index contributed by atoms with van der Waals surface area (Å²) in [5.41, 5.74) is 1.64. The summed E-state index contributed by atoms with van der Waals surface area (Å²) in [5, 5.41) is 2.82. The number of halogens is 2. The molecule has 0 fully saturated rings. The smallest absolute Gasteiger partial charge is 0.234 e. The molecule has 0 bridgehead atoms. The summed E-state index contributed by atoms with van der Waals surface area (Å²) >= 11 is 4.81. The SMILES string of the molecule is O=C(CSCc1cccc(F)c1)Nc1cccc(Br)c1. The van der Waals surface area contributed by atoms with Gasteiger partial charge in [-0.15, -0.1) is 11.8 Å². The summed E-state index contributed by atoms with van der Waals surface area (Å²) in [5.74, 6) is 0.637. The maximum Gasteiger partial charge on any atom is 0.234 e. The topological polar surface area (TPSA) is 29.1 Å². The second kappa shape index (κ2) is 7.45. The number of nitrogens with one attached hydrogen (secondary N) is 1. The Morgan fingerprint density at radius 2 is 2.00 bits per heavy atom. The molecule has 2 rings (SSSR count). The number of carbonyl (C=O) groups is 1. The minimum Gasteiger partial charge on any atom is -0.325 e. The van der Waals surface area contributed by atoms with E-state index in [0.717, 1.165) is 15.7 Å². The summed E-state index contributed by atoms with van der Waals surface area (Å²) in [6.45, 7) is 0. The van der Waals surface area contributed by atoms with Crippen LogP contribution in [0.4, 0.5) is 10.1 Å².